The third-order valence-corrected chi connectivity index (χ3v) is 4.48. The lowest BCUT2D eigenvalue weighted by Crippen LogP contribution is -2.33. The topological polar surface area (TPSA) is 142 Å². The summed E-state index contributed by atoms with van der Waals surface area (Å²) in [5.74, 6) is -0.436. The first kappa shape index (κ1) is 18.6. The summed E-state index contributed by atoms with van der Waals surface area (Å²) in [7, 11) is 0. The Balaban J connectivity index is 1.48. The Hall–Kier alpha value is -3.79. The minimum Gasteiger partial charge on any atom is -0.454 e. The summed E-state index contributed by atoms with van der Waals surface area (Å²) in [6.45, 7) is -0.363. The smallest absolute Gasteiger partial charge is 0.272 e. The van der Waals surface area contributed by atoms with Crippen molar-refractivity contribution in [3.8, 4) is 11.5 Å². The van der Waals surface area contributed by atoms with E-state index in [0.29, 0.717) is 11.5 Å². The zero-order chi connectivity index (χ0) is 20.5. The second kappa shape index (κ2) is 7.32. The number of carbonyl (C=O) groups is 2. The van der Waals surface area contributed by atoms with Crippen molar-refractivity contribution in [3.05, 3.63) is 61.6 Å². The van der Waals surface area contributed by atoms with E-state index < -0.39 is 22.9 Å². The number of hydrogen-bond acceptors (Lipinski definition) is 6. The number of H-pyrrole nitrogens is 2. The maximum atomic E-state index is 12.3. The van der Waals surface area contributed by atoms with Crippen LogP contribution in [0.3, 0.4) is 0 Å². The van der Waals surface area contributed by atoms with Crippen LogP contribution in [0.4, 0.5) is 5.69 Å². The molecule has 0 aliphatic carbocycles. The molecule has 0 fully saturated rings. The van der Waals surface area contributed by atoms with Gasteiger partial charge in [-0.15, -0.1) is 0 Å². The summed E-state index contributed by atoms with van der Waals surface area (Å²) in [6, 6.07) is 7.33. The zero-order valence-electron chi connectivity index (χ0n) is 14.6. The maximum Gasteiger partial charge on any atom is 0.272 e. The van der Waals surface area contributed by atoms with E-state index in [0.717, 1.165) is 0 Å². The molecule has 0 atom stereocenters. The summed E-state index contributed by atoms with van der Waals surface area (Å²) in [5, 5.41) is 9.77. The van der Waals surface area contributed by atoms with Gasteiger partial charge in [0, 0.05) is 5.56 Å². The molecular formula is C18H13ClN4O6. The molecule has 2 heterocycles. The van der Waals surface area contributed by atoms with E-state index in [9.17, 15) is 19.2 Å². The number of anilines is 1. The van der Waals surface area contributed by atoms with E-state index in [-0.39, 0.29) is 40.4 Å². The molecule has 148 valence electrons. The molecule has 2 amide bonds. The highest BCUT2D eigenvalue weighted by atomic mass is 35.5. The molecular weight excluding hydrogens is 404 g/mol. The highest BCUT2D eigenvalue weighted by Gasteiger charge is 2.21. The van der Waals surface area contributed by atoms with Crippen molar-refractivity contribution < 1.29 is 19.1 Å². The number of ether oxygens (including phenoxy) is 2. The lowest BCUT2D eigenvalue weighted by molar-refractivity contribution is -0.115. The van der Waals surface area contributed by atoms with E-state index in [1.807, 2.05) is 0 Å². The molecule has 0 saturated carbocycles. The second-order valence-electron chi connectivity index (χ2n) is 6.06. The number of halogens is 1. The Labute approximate surface area is 166 Å². The van der Waals surface area contributed by atoms with Crippen molar-refractivity contribution in [2.75, 3.05) is 18.7 Å². The first-order valence-electron chi connectivity index (χ1n) is 8.35. The average molecular weight is 417 g/mol. The molecule has 1 aliphatic rings. The largest absolute Gasteiger partial charge is 0.454 e. The Kier molecular flexibility index (Phi) is 4.69. The van der Waals surface area contributed by atoms with Crippen LogP contribution in [-0.4, -0.2) is 35.3 Å². The minimum atomic E-state index is -0.586. The number of amides is 2. The average Bonchev–Trinajstić information content (AvgIpc) is 3.18. The Morgan fingerprint density at radius 2 is 1.90 bits per heavy atom. The predicted octanol–water partition coefficient (Wildman–Crippen LogP) is 0.967. The lowest BCUT2D eigenvalue weighted by atomic mass is 10.1. The van der Waals surface area contributed by atoms with Gasteiger partial charge in [-0.1, -0.05) is 17.7 Å². The summed E-state index contributed by atoms with van der Waals surface area (Å²) >= 11 is 6.05. The van der Waals surface area contributed by atoms with E-state index in [1.165, 1.54) is 30.3 Å². The molecule has 0 saturated heterocycles. The van der Waals surface area contributed by atoms with Crippen LogP contribution >= 0.6 is 11.6 Å². The summed E-state index contributed by atoms with van der Waals surface area (Å²) < 4.78 is 10.4. The van der Waals surface area contributed by atoms with Crippen molar-refractivity contribution in [3.63, 3.8) is 0 Å². The van der Waals surface area contributed by atoms with Gasteiger partial charge in [0.15, 0.2) is 11.5 Å². The molecule has 1 aliphatic heterocycles. The van der Waals surface area contributed by atoms with Gasteiger partial charge in [-0.3, -0.25) is 29.4 Å². The van der Waals surface area contributed by atoms with Crippen LogP contribution in [0.2, 0.25) is 5.02 Å². The first-order valence-corrected chi connectivity index (χ1v) is 8.72. The van der Waals surface area contributed by atoms with Crippen LogP contribution in [-0.2, 0) is 4.79 Å². The van der Waals surface area contributed by atoms with Gasteiger partial charge in [0.25, 0.3) is 17.0 Å². The lowest BCUT2D eigenvalue weighted by Gasteiger charge is -2.09. The van der Waals surface area contributed by atoms with E-state index in [2.05, 4.69) is 20.8 Å². The predicted molar refractivity (Wildman–Crippen MR) is 104 cm³/mol. The summed E-state index contributed by atoms with van der Waals surface area (Å²) in [5.41, 5.74) is -0.710. The van der Waals surface area contributed by atoms with Crippen LogP contribution in [0.5, 0.6) is 11.5 Å². The van der Waals surface area contributed by atoms with Gasteiger partial charge in [0.05, 0.1) is 28.0 Å². The van der Waals surface area contributed by atoms with Crippen molar-refractivity contribution in [1.29, 1.82) is 0 Å². The van der Waals surface area contributed by atoms with Crippen LogP contribution in [0.25, 0.3) is 10.8 Å². The molecule has 0 radical (unpaired) electrons. The minimum absolute atomic E-state index is 0.00945. The molecule has 0 bridgehead atoms. The summed E-state index contributed by atoms with van der Waals surface area (Å²) in [4.78, 5) is 48.4. The number of hydrogen-bond donors (Lipinski definition) is 4. The van der Waals surface area contributed by atoms with Gasteiger partial charge >= 0.3 is 0 Å². The molecule has 4 rings (SSSR count). The van der Waals surface area contributed by atoms with Gasteiger partial charge in [-0.05, 0) is 24.3 Å². The van der Waals surface area contributed by atoms with Gasteiger partial charge < -0.3 is 20.1 Å². The number of nitrogens with one attached hydrogen (secondary N) is 4. The van der Waals surface area contributed by atoms with E-state index >= 15 is 0 Å². The van der Waals surface area contributed by atoms with Gasteiger partial charge in [-0.2, -0.15) is 0 Å². The molecule has 0 unspecified atom stereocenters. The Bertz CT molecular complexity index is 1270. The highest BCUT2D eigenvalue weighted by molar-refractivity contribution is 6.32. The van der Waals surface area contributed by atoms with Crippen molar-refractivity contribution >= 4 is 39.9 Å². The fourth-order valence-corrected chi connectivity index (χ4v) is 3.15. The van der Waals surface area contributed by atoms with Crippen LogP contribution in [0, 0.1) is 0 Å². The molecule has 10 nitrogen and oxygen atoms in total. The van der Waals surface area contributed by atoms with Crippen LogP contribution in [0.1, 0.15) is 10.4 Å². The molecule has 2 aromatic carbocycles. The zero-order valence-corrected chi connectivity index (χ0v) is 15.4. The standard InChI is InChI=1S/C18H13ClN4O6/c19-10-4-8(5-12-15(10)29-7-28-12)16(25)20-6-13(24)21-11-3-1-2-9-14(11)18(27)23-22-17(9)26/h1-5H,6-7H2,(H,20,25)(H,21,24)(H,22,26)(H,23,27). The number of fused-ring (bicyclic) bond motifs is 2. The highest BCUT2D eigenvalue weighted by Crippen LogP contribution is 2.39. The van der Waals surface area contributed by atoms with Gasteiger partial charge in [0.1, 0.15) is 0 Å². The Morgan fingerprint density at radius 3 is 2.72 bits per heavy atom. The first-order chi connectivity index (χ1) is 13.9. The quantitative estimate of drug-likeness (QED) is 0.499. The SMILES string of the molecule is O=C(CNC(=O)c1cc(Cl)c2c(c1)OCO2)Nc1cccc2c(=O)[nH][nH]c(=O)c12. The number of aromatic amines is 2. The molecule has 11 heteroatoms. The van der Waals surface area contributed by atoms with Gasteiger partial charge in [-0.25, -0.2) is 0 Å². The number of carbonyl (C=O) groups excluding carboxylic acids is 2. The van der Waals surface area contributed by atoms with Crippen LogP contribution < -0.4 is 31.2 Å². The third-order valence-electron chi connectivity index (χ3n) is 4.20. The van der Waals surface area contributed by atoms with Crippen molar-refractivity contribution in [2.24, 2.45) is 0 Å². The number of benzene rings is 2. The Morgan fingerprint density at radius 1 is 1.10 bits per heavy atom. The molecule has 1 aromatic heterocycles. The van der Waals surface area contributed by atoms with Crippen molar-refractivity contribution in [2.45, 2.75) is 0 Å². The van der Waals surface area contributed by atoms with E-state index in [4.69, 9.17) is 21.1 Å². The second-order valence-corrected chi connectivity index (χ2v) is 6.47. The summed E-state index contributed by atoms with van der Waals surface area (Å²) in [6.07, 6.45) is 0. The molecule has 3 aromatic rings. The molecule has 29 heavy (non-hydrogen) atoms. The fraction of sp³-hybridized carbons (Fsp3) is 0.111. The molecule has 4 N–H and O–H groups in total. The maximum absolute atomic E-state index is 12.3. The number of rotatable bonds is 4. The molecule has 0 spiro atoms. The third kappa shape index (κ3) is 3.52. The van der Waals surface area contributed by atoms with Gasteiger partial charge in [0.2, 0.25) is 12.7 Å². The number of aromatic nitrogens is 2. The van der Waals surface area contributed by atoms with Crippen LogP contribution in [0.15, 0.2) is 39.9 Å². The monoisotopic (exact) mass is 416 g/mol. The van der Waals surface area contributed by atoms with Crippen molar-refractivity contribution in [1.82, 2.24) is 15.5 Å². The normalized spacial score (nSPS) is 12.0. The fourth-order valence-electron chi connectivity index (χ4n) is 2.89. The van der Waals surface area contributed by atoms with E-state index in [1.54, 1.807) is 0 Å².